The number of rotatable bonds is 0. The van der Waals surface area contributed by atoms with Crippen LogP contribution in [0.25, 0.3) is 0 Å². The number of benzene rings is 1. The van der Waals surface area contributed by atoms with Gasteiger partial charge in [0.2, 0.25) is 0 Å². The van der Waals surface area contributed by atoms with Crippen molar-refractivity contribution in [2.75, 3.05) is 0 Å². The Kier molecular flexibility index (Phi) is 7.85. The van der Waals surface area contributed by atoms with Gasteiger partial charge in [-0.1, -0.05) is 13.8 Å². The summed E-state index contributed by atoms with van der Waals surface area (Å²) in [6, 6.07) is 9.31. The Balaban J connectivity index is 0. The second-order valence-electron chi connectivity index (χ2n) is 2.02. The van der Waals surface area contributed by atoms with E-state index in [-0.39, 0.29) is 36.5 Å². The molecule has 0 bridgehead atoms. The fourth-order valence-electron chi connectivity index (χ4n) is 0.731. The van der Waals surface area contributed by atoms with Gasteiger partial charge in [0.1, 0.15) is 0 Å². The molecular formula is C8H9BrZn. The Labute approximate surface area is 85.6 Å². The van der Waals surface area contributed by atoms with E-state index in [0.29, 0.717) is 0 Å². The van der Waals surface area contributed by atoms with Gasteiger partial charge in [-0.05, 0) is 0 Å². The molecule has 1 aromatic carbocycles. The molecule has 0 atom stereocenters. The van der Waals surface area contributed by atoms with Gasteiger partial charge in [-0.15, -0.1) is 0 Å². The standard InChI is InChI=1S/C8H9.BrH.Zn/c1-7-4-3-5-8(2)6-7;;/h3-5H,1-2H3;1H;/q-1;;+2/p-1. The van der Waals surface area contributed by atoms with Crippen molar-refractivity contribution >= 4 is 0 Å². The molecule has 0 amide bonds. The first-order valence-electron chi connectivity index (χ1n) is 2.74. The second-order valence-corrected chi connectivity index (χ2v) is 2.02. The Morgan fingerprint density at radius 1 is 1.10 bits per heavy atom. The van der Waals surface area contributed by atoms with E-state index in [1.165, 1.54) is 11.1 Å². The van der Waals surface area contributed by atoms with Crippen LogP contribution in [0.2, 0.25) is 0 Å². The zero-order valence-electron chi connectivity index (χ0n) is 6.32. The Bertz CT molecular complexity index is 169. The van der Waals surface area contributed by atoms with Gasteiger partial charge < -0.3 is 17.0 Å². The van der Waals surface area contributed by atoms with Crippen molar-refractivity contribution in [2.45, 2.75) is 13.8 Å². The van der Waals surface area contributed by atoms with E-state index in [0.717, 1.165) is 0 Å². The Hall–Kier alpha value is 0.323. The molecule has 0 aliphatic heterocycles. The SMILES string of the molecule is Cc1[c-]c(C)ccc1.[Br-].[Zn+2]. The molecule has 0 aliphatic carbocycles. The monoisotopic (exact) mass is 248 g/mol. The van der Waals surface area contributed by atoms with Crippen LogP contribution in [-0.4, -0.2) is 0 Å². The van der Waals surface area contributed by atoms with Gasteiger partial charge in [-0.2, -0.15) is 35.4 Å². The smallest absolute Gasteiger partial charge is 1.00 e. The molecule has 1 rings (SSSR count). The predicted molar refractivity (Wildman–Crippen MR) is 34.8 cm³/mol. The van der Waals surface area contributed by atoms with Crippen LogP contribution in [0, 0.1) is 19.9 Å². The molecule has 0 nitrogen and oxygen atoms in total. The molecular weight excluding hydrogens is 241 g/mol. The first-order chi connectivity index (χ1) is 3.79. The summed E-state index contributed by atoms with van der Waals surface area (Å²) in [4.78, 5) is 0. The van der Waals surface area contributed by atoms with Crippen molar-refractivity contribution in [2.24, 2.45) is 0 Å². The molecule has 0 saturated heterocycles. The first kappa shape index (κ1) is 13.0. The molecule has 0 heterocycles. The van der Waals surface area contributed by atoms with Crippen LogP contribution in [-0.2, 0) is 19.5 Å². The fourth-order valence-corrected chi connectivity index (χ4v) is 0.731. The van der Waals surface area contributed by atoms with Gasteiger partial charge in [-0.25, -0.2) is 0 Å². The van der Waals surface area contributed by atoms with Gasteiger partial charge >= 0.3 is 19.5 Å². The molecule has 0 fully saturated rings. The zero-order valence-corrected chi connectivity index (χ0v) is 10.9. The second kappa shape index (κ2) is 6.06. The van der Waals surface area contributed by atoms with E-state index in [1.54, 1.807) is 0 Å². The fraction of sp³-hybridized carbons (Fsp3) is 0.250. The van der Waals surface area contributed by atoms with Gasteiger partial charge in [0.25, 0.3) is 0 Å². The first-order valence-corrected chi connectivity index (χ1v) is 2.74. The molecule has 50 valence electrons. The van der Waals surface area contributed by atoms with Crippen LogP contribution < -0.4 is 17.0 Å². The van der Waals surface area contributed by atoms with E-state index >= 15 is 0 Å². The molecule has 0 aromatic heterocycles. The van der Waals surface area contributed by atoms with E-state index in [1.807, 2.05) is 32.0 Å². The van der Waals surface area contributed by atoms with Crippen molar-refractivity contribution in [1.82, 2.24) is 0 Å². The number of hydrogen-bond donors (Lipinski definition) is 0. The molecule has 0 aliphatic rings. The van der Waals surface area contributed by atoms with Crippen molar-refractivity contribution in [3.05, 3.63) is 35.4 Å². The maximum atomic E-state index is 3.17. The quantitative estimate of drug-likeness (QED) is 0.414. The molecule has 0 spiro atoms. The summed E-state index contributed by atoms with van der Waals surface area (Å²) in [5.74, 6) is 0. The van der Waals surface area contributed by atoms with Crippen molar-refractivity contribution < 1.29 is 36.5 Å². The van der Waals surface area contributed by atoms with Crippen LogP contribution in [0.3, 0.4) is 0 Å². The normalized spacial score (nSPS) is 7.40. The predicted octanol–water partition coefficient (Wildman–Crippen LogP) is -0.895. The van der Waals surface area contributed by atoms with Gasteiger partial charge in [-0.3, -0.25) is 0 Å². The third-order valence-electron chi connectivity index (χ3n) is 1.09. The molecule has 0 N–H and O–H groups in total. The largest absolute Gasteiger partial charge is 2.00 e. The molecule has 2 heteroatoms. The minimum absolute atomic E-state index is 0. The molecule has 0 radical (unpaired) electrons. The molecule has 10 heavy (non-hydrogen) atoms. The van der Waals surface area contributed by atoms with Crippen LogP contribution in [0.5, 0.6) is 0 Å². The molecule has 0 saturated carbocycles. The van der Waals surface area contributed by atoms with Crippen LogP contribution in [0.1, 0.15) is 11.1 Å². The third-order valence-corrected chi connectivity index (χ3v) is 1.09. The maximum Gasteiger partial charge on any atom is 2.00 e. The van der Waals surface area contributed by atoms with Crippen LogP contribution in [0.4, 0.5) is 0 Å². The summed E-state index contributed by atoms with van der Waals surface area (Å²) in [5.41, 5.74) is 2.43. The van der Waals surface area contributed by atoms with Crippen LogP contribution in [0.15, 0.2) is 18.2 Å². The Morgan fingerprint density at radius 2 is 1.50 bits per heavy atom. The van der Waals surface area contributed by atoms with E-state index in [4.69, 9.17) is 0 Å². The number of halogens is 1. The molecule has 0 unspecified atom stereocenters. The average molecular weight is 250 g/mol. The van der Waals surface area contributed by atoms with Gasteiger partial charge in [0, 0.05) is 0 Å². The van der Waals surface area contributed by atoms with E-state index in [9.17, 15) is 0 Å². The molecule has 1 aromatic rings. The summed E-state index contributed by atoms with van der Waals surface area (Å²) in [6.07, 6.45) is 0. The summed E-state index contributed by atoms with van der Waals surface area (Å²) < 4.78 is 0. The van der Waals surface area contributed by atoms with Crippen molar-refractivity contribution in [1.29, 1.82) is 0 Å². The Morgan fingerprint density at radius 3 is 1.70 bits per heavy atom. The summed E-state index contributed by atoms with van der Waals surface area (Å²) >= 11 is 0. The maximum absolute atomic E-state index is 3.17. The van der Waals surface area contributed by atoms with E-state index < -0.39 is 0 Å². The third kappa shape index (κ3) is 4.19. The summed E-state index contributed by atoms with van der Waals surface area (Å²) in [6.45, 7) is 4.10. The minimum Gasteiger partial charge on any atom is -1.00 e. The summed E-state index contributed by atoms with van der Waals surface area (Å²) in [5, 5.41) is 0. The average Bonchev–Trinajstić information content (AvgIpc) is 1.64. The van der Waals surface area contributed by atoms with E-state index in [2.05, 4.69) is 6.07 Å². The van der Waals surface area contributed by atoms with Crippen molar-refractivity contribution in [3.63, 3.8) is 0 Å². The van der Waals surface area contributed by atoms with Gasteiger partial charge in [0.15, 0.2) is 0 Å². The summed E-state index contributed by atoms with van der Waals surface area (Å²) in [7, 11) is 0. The van der Waals surface area contributed by atoms with Crippen LogP contribution >= 0.6 is 0 Å². The van der Waals surface area contributed by atoms with Crippen molar-refractivity contribution in [3.8, 4) is 0 Å². The van der Waals surface area contributed by atoms with Gasteiger partial charge in [0.05, 0.1) is 0 Å². The number of aryl methyl sites for hydroxylation is 2. The zero-order chi connectivity index (χ0) is 5.98. The topological polar surface area (TPSA) is 0 Å². The number of hydrogen-bond acceptors (Lipinski definition) is 0. The minimum atomic E-state index is 0.